The van der Waals surface area contributed by atoms with E-state index in [2.05, 4.69) is 4.74 Å². The number of ether oxygens (including phenoxy) is 1. The smallest absolute Gasteiger partial charge is 0.331 e. The summed E-state index contributed by atoms with van der Waals surface area (Å²) in [5.74, 6) is -1.15. The number of aliphatic carboxylic acids is 1. The van der Waals surface area contributed by atoms with Gasteiger partial charge in [-0.3, -0.25) is 0 Å². The summed E-state index contributed by atoms with van der Waals surface area (Å²) in [5.41, 5.74) is 0. The van der Waals surface area contributed by atoms with Crippen molar-refractivity contribution in [1.82, 2.24) is 0 Å². The Bertz CT molecular complexity index is 99.5. The summed E-state index contributed by atoms with van der Waals surface area (Å²) in [6, 6.07) is 0. The monoisotopic (exact) mass is 120 g/mol. The van der Waals surface area contributed by atoms with Crippen molar-refractivity contribution < 1.29 is 19.0 Å². The van der Waals surface area contributed by atoms with Crippen molar-refractivity contribution in [3.05, 3.63) is 12.3 Å². The third-order valence-electron chi connectivity index (χ3n) is 0.370. The van der Waals surface area contributed by atoms with Crippen molar-refractivity contribution in [1.29, 1.82) is 0 Å². The van der Waals surface area contributed by atoms with Crippen LogP contribution in [0.1, 0.15) is 0 Å². The average molecular weight is 120 g/mol. The fraction of sp³-hybridized carbons (Fsp3) is 0.250. The number of carboxylic acids is 1. The van der Waals surface area contributed by atoms with Crippen LogP contribution in [0.25, 0.3) is 0 Å². The van der Waals surface area contributed by atoms with Crippen molar-refractivity contribution in [2.75, 3.05) is 6.86 Å². The second-order valence-corrected chi connectivity index (χ2v) is 0.917. The van der Waals surface area contributed by atoms with Gasteiger partial charge in [0.25, 0.3) is 0 Å². The molecule has 0 aliphatic heterocycles. The minimum absolute atomic E-state index is 0.708. The zero-order valence-corrected chi connectivity index (χ0v) is 4.00. The van der Waals surface area contributed by atoms with E-state index in [-0.39, 0.29) is 0 Å². The highest BCUT2D eigenvalue weighted by Crippen LogP contribution is 1.76. The Kier molecular flexibility index (Phi) is 3.56. The van der Waals surface area contributed by atoms with Crippen molar-refractivity contribution >= 4 is 5.97 Å². The molecule has 3 nitrogen and oxygen atoms in total. The minimum atomic E-state index is -1.15. The van der Waals surface area contributed by atoms with Gasteiger partial charge in [0.2, 0.25) is 6.86 Å². The molecule has 4 heteroatoms. The van der Waals surface area contributed by atoms with Crippen LogP contribution in [0.4, 0.5) is 4.39 Å². The standard InChI is InChI=1S/C4H5FO3/c5-3-8-2-1-4(6)7/h1-2H,3H2,(H,6,7). The van der Waals surface area contributed by atoms with E-state index >= 15 is 0 Å². The van der Waals surface area contributed by atoms with E-state index in [0.717, 1.165) is 6.26 Å². The number of hydrogen-bond donors (Lipinski definition) is 1. The third-order valence-corrected chi connectivity index (χ3v) is 0.370. The fourth-order valence-electron chi connectivity index (χ4n) is 0.143. The molecule has 0 fully saturated rings. The molecule has 0 aliphatic carbocycles. The molecule has 0 saturated heterocycles. The molecule has 0 saturated carbocycles. The van der Waals surface area contributed by atoms with E-state index in [4.69, 9.17) is 5.11 Å². The molecule has 0 aliphatic rings. The van der Waals surface area contributed by atoms with Gasteiger partial charge in [-0.1, -0.05) is 0 Å². The SMILES string of the molecule is O=C(O)C=COCF. The largest absolute Gasteiger partial charge is 0.478 e. The van der Waals surface area contributed by atoms with Crippen LogP contribution in [0.15, 0.2) is 12.3 Å². The molecule has 1 N–H and O–H groups in total. The molecule has 0 spiro atoms. The Balaban J connectivity index is 3.20. The van der Waals surface area contributed by atoms with Gasteiger partial charge in [-0.15, -0.1) is 0 Å². The second-order valence-electron chi connectivity index (χ2n) is 0.917. The van der Waals surface area contributed by atoms with E-state index in [0.29, 0.717) is 6.08 Å². The first-order valence-electron chi connectivity index (χ1n) is 1.84. The van der Waals surface area contributed by atoms with Crippen LogP contribution in [0.5, 0.6) is 0 Å². The lowest BCUT2D eigenvalue weighted by Crippen LogP contribution is -1.86. The summed E-state index contributed by atoms with van der Waals surface area (Å²) in [4.78, 5) is 9.58. The third kappa shape index (κ3) is 4.94. The summed E-state index contributed by atoms with van der Waals surface area (Å²) in [5, 5.41) is 7.85. The Labute approximate surface area is 45.4 Å². The van der Waals surface area contributed by atoms with Crippen LogP contribution in [-0.2, 0) is 9.53 Å². The van der Waals surface area contributed by atoms with E-state index in [1.54, 1.807) is 0 Å². The first-order valence-corrected chi connectivity index (χ1v) is 1.84. The highest BCUT2D eigenvalue weighted by Gasteiger charge is 1.82. The van der Waals surface area contributed by atoms with Crippen molar-refractivity contribution in [2.24, 2.45) is 0 Å². The summed E-state index contributed by atoms with van der Waals surface area (Å²) in [7, 11) is 0. The molecule has 0 unspecified atom stereocenters. The molecule has 0 atom stereocenters. The minimum Gasteiger partial charge on any atom is -0.478 e. The maximum Gasteiger partial charge on any atom is 0.331 e. The molecule has 46 valence electrons. The number of carbonyl (C=O) groups is 1. The normalized spacial score (nSPS) is 9.62. The maximum atomic E-state index is 11.0. The van der Waals surface area contributed by atoms with Gasteiger partial charge in [0.05, 0.1) is 12.3 Å². The fourth-order valence-corrected chi connectivity index (χ4v) is 0.143. The number of carboxylic acid groups (broad SMARTS) is 1. The van der Waals surface area contributed by atoms with Gasteiger partial charge in [-0.25, -0.2) is 9.18 Å². The van der Waals surface area contributed by atoms with Crippen LogP contribution in [-0.4, -0.2) is 17.9 Å². The predicted molar refractivity (Wildman–Crippen MR) is 23.8 cm³/mol. The van der Waals surface area contributed by atoms with Crippen LogP contribution in [0.2, 0.25) is 0 Å². The molecule has 0 bridgehead atoms. The second kappa shape index (κ2) is 4.11. The van der Waals surface area contributed by atoms with Crippen molar-refractivity contribution in [3.63, 3.8) is 0 Å². The molecule has 0 aromatic rings. The topological polar surface area (TPSA) is 46.5 Å². The number of alkyl halides is 1. The Morgan fingerprint density at radius 3 is 2.88 bits per heavy atom. The summed E-state index contributed by atoms with van der Waals surface area (Å²) in [6.45, 7) is -0.996. The van der Waals surface area contributed by atoms with E-state index in [1.807, 2.05) is 0 Å². The zero-order chi connectivity index (χ0) is 6.41. The van der Waals surface area contributed by atoms with Gasteiger partial charge < -0.3 is 9.84 Å². The van der Waals surface area contributed by atoms with Gasteiger partial charge in [-0.05, 0) is 0 Å². The Hall–Kier alpha value is -1.06. The van der Waals surface area contributed by atoms with Crippen molar-refractivity contribution in [2.45, 2.75) is 0 Å². The van der Waals surface area contributed by atoms with Gasteiger partial charge in [-0.2, -0.15) is 0 Å². The summed E-state index contributed by atoms with van der Waals surface area (Å²) >= 11 is 0. The van der Waals surface area contributed by atoms with Gasteiger partial charge in [0.1, 0.15) is 0 Å². The maximum absolute atomic E-state index is 11.0. The molecule has 0 heterocycles. The lowest BCUT2D eigenvalue weighted by molar-refractivity contribution is -0.131. The highest BCUT2D eigenvalue weighted by molar-refractivity contribution is 5.79. The molecular weight excluding hydrogens is 115 g/mol. The van der Waals surface area contributed by atoms with E-state index in [1.165, 1.54) is 0 Å². The molecule has 0 aromatic heterocycles. The Morgan fingerprint density at radius 2 is 2.50 bits per heavy atom. The average Bonchev–Trinajstić information content (AvgIpc) is 1.66. The summed E-state index contributed by atoms with van der Waals surface area (Å²) in [6.07, 6.45) is 1.49. The first-order chi connectivity index (χ1) is 3.77. The first kappa shape index (κ1) is 6.94. The number of halogens is 1. The van der Waals surface area contributed by atoms with Crippen LogP contribution >= 0.6 is 0 Å². The van der Waals surface area contributed by atoms with Gasteiger partial charge >= 0.3 is 5.97 Å². The molecule has 0 amide bonds. The predicted octanol–water partition coefficient (Wildman–Crippen LogP) is 0.528. The lowest BCUT2D eigenvalue weighted by Gasteiger charge is -1.84. The zero-order valence-electron chi connectivity index (χ0n) is 4.00. The molecular formula is C4H5FO3. The molecule has 0 radical (unpaired) electrons. The number of rotatable bonds is 3. The van der Waals surface area contributed by atoms with E-state index in [9.17, 15) is 9.18 Å². The molecule has 8 heavy (non-hydrogen) atoms. The van der Waals surface area contributed by atoms with Crippen LogP contribution in [0, 0.1) is 0 Å². The number of hydrogen-bond acceptors (Lipinski definition) is 2. The van der Waals surface area contributed by atoms with Gasteiger partial charge in [0.15, 0.2) is 0 Å². The highest BCUT2D eigenvalue weighted by atomic mass is 19.1. The summed E-state index contributed by atoms with van der Waals surface area (Å²) < 4.78 is 14.9. The quantitative estimate of drug-likeness (QED) is 0.436. The van der Waals surface area contributed by atoms with E-state index < -0.39 is 12.8 Å². The molecule has 0 aromatic carbocycles. The lowest BCUT2D eigenvalue weighted by atomic mass is 10.6. The van der Waals surface area contributed by atoms with Crippen molar-refractivity contribution in [3.8, 4) is 0 Å². The van der Waals surface area contributed by atoms with Crippen LogP contribution < -0.4 is 0 Å². The Morgan fingerprint density at radius 1 is 1.88 bits per heavy atom. The van der Waals surface area contributed by atoms with Gasteiger partial charge in [0, 0.05) is 0 Å². The molecule has 0 rings (SSSR count). The van der Waals surface area contributed by atoms with Crippen LogP contribution in [0.3, 0.4) is 0 Å².